The molecule has 2 fully saturated rings. The normalized spacial score (nSPS) is 24.4. The van der Waals surface area contributed by atoms with Gasteiger partial charge in [0.1, 0.15) is 5.54 Å². The highest BCUT2D eigenvalue weighted by Gasteiger charge is 2.50. The predicted octanol–water partition coefficient (Wildman–Crippen LogP) is 0.683. The van der Waals surface area contributed by atoms with Gasteiger partial charge in [-0.05, 0) is 59.2 Å². The number of nitrogens with zero attached hydrogens (tertiary/aromatic N) is 2. The highest BCUT2D eigenvalue weighted by Crippen LogP contribution is 2.41. The summed E-state index contributed by atoms with van der Waals surface area (Å²) in [6.45, 7) is 1.54. The summed E-state index contributed by atoms with van der Waals surface area (Å²) >= 11 is 0. The van der Waals surface area contributed by atoms with Gasteiger partial charge >= 0.3 is 5.97 Å². The molecule has 0 radical (unpaired) electrons. The Morgan fingerprint density at radius 3 is 2.30 bits per heavy atom. The SMILES string of the molecule is COC(=O)C(N)(CN(C)CC1(N(C)C)CCC1)C1CC1. The van der Waals surface area contributed by atoms with Crippen LogP contribution in [0.2, 0.25) is 0 Å². The van der Waals surface area contributed by atoms with E-state index in [1.807, 2.05) is 0 Å². The molecule has 2 aliphatic carbocycles. The first-order valence-electron chi connectivity index (χ1n) is 7.57. The Hall–Kier alpha value is -0.650. The number of carbonyl (C=O) groups is 1. The van der Waals surface area contributed by atoms with Gasteiger partial charge in [-0.25, -0.2) is 0 Å². The Balaban J connectivity index is 1.98. The van der Waals surface area contributed by atoms with E-state index in [4.69, 9.17) is 10.5 Å². The lowest BCUT2D eigenvalue weighted by Gasteiger charge is -2.50. The summed E-state index contributed by atoms with van der Waals surface area (Å²) < 4.78 is 4.93. The van der Waals surface area contributed by atoms with Gasteiger partial charge in [0.25, 0.3) is 0 Å². The van der Waals surface area contributed by atoms with Crippen molar-refractivity contribution < 1.29 is 9.53 Å². The second-order valence-electron chi connectivity index (χ2n) is 6.95. The molecule has 2 saturated carbocycles. The second-order valence-corrected chi connectivity index (χ2v) is 6.95. The number of esters is 1. The van der Waals surface area contributed by atoms with Crippen LogP contribution in [0.4, 0.5) is 0 Å². The molecule has 2 aliphatic rings. The zero-order valence-corrected chi connectivity index (χ0v) is 13.3. The van der Waals surface area contributed by atoms with Crippen LogP contribution < -0.4 is 5.73 Å². The fourth-order valence-corrected chi connectivity index (χ4v) is 3.49. The molecule has 0 aromatic carbocycles. The fourth-order valence-electron chi connectivity index (χ4n) is 3.49. The minimum Gasteiger partial charge on any atom is -0.468 e. The zero-order chi connectivity index (χ0) is 15.0. The maximum absolute atomic E-state index is 12.0. The van der Waals surface area contributed by atoms with E-state index in [9.17, 15) is 4.79 Å². The lowest BCUT2D eigenvalue weighted by atomic mass is 9.75. The van der Waals surface area contributed by atoms with E-state index >= 15 is 0 Å². The van der Waals surface area contributed by atoms with Gasteiger partial charge < -0.3 is 20.3 Å². The number of likely N-dealkylation sites (N-methyl/N-ethyl adjacent to an activating group) is 2. The average molecular weight is 283 g/mol. The van der Waals surface area contributed by atoms with Crippen molar-refractivity contribution in [3.8, 4) is 0 Å². The molecule has 5 nitrogen and oxygen atoms in total. The zero-order valence-electron chi connectivity index (χ0n) is 13.3. The number of methoxy groups -OCH3 is 1. The Labute approximate surface area is 122 Å². The third kappa shape index (κ3) is 2.85. The summed E-state index contributed by atoms with van der Waals surface area (Å²) in [6.07, 6.45) is 5.82. The van der Waals surface area contributed by atoms with Crippen LogP contribution in [0.25, 0.3) is 0 Å². The minimum absolute atomic E-state index is 0.259. The van der Waals surface area contributed by atoms with E-state index in [-0.39, 0.29) is 17.4 Å². The van der Waals surface area contributed by atoms with Crippen molar-refractivity contribution in [2.24, 2.45) is 11.7 Å². The number of carbonyl (C=O) groups excluding carboxylic acids is 1. The van der Waals surface area contributed by atoms with Gasteiger partial charge in [-0.15, -0.1) is 0 Å². The number of hydrogen-bond acceptors (Lipinski definition) is 5. The van der Waals surface area contributed by atoms with Crippen molar-refractivity contribution in [3.63, 3.8) is 0 Å². The third-order valence-electron chi connectivity index (χ3n) is 5.20. The van der Waals surface area contributed by atoms with E-state index in [1.165, 1.54) is 26.4 Å². The Bertz CT molecular complexity index is 364. The van der Waals surface area contributed by atoms with E-state index in [2.05, 4.69) is 30.9 Å². The highest BCUT2D eigenvalue weighted by molar-refractivity contribution is 5.81. The first kappa shape index (κ1) is 15.7. The molecule has 1 atom stereocenters. The van der Waals surface area contributed by atoms with Crippen LogP contribution in [0.1, 0.15) is 32.1 Å². The van der Waals surface area contributed by atoms with Gasteiger partial charge in [-0.1, -0.05) is 0 Å². The molecule has 0 spiro atoms. The molecular formula is C15H29N3O2. The number of ether oxygens (including phenoxy) is 1. The number of hydrogen-bond donors (Lipinski definition) is 1. The molecule has 0 aliphatic heterocycles. The van der Waals surface area contributed by atoms with Gasteiger partial charge in [0.05, 0.1) is 7.11 Å². The van der Waals surface area contributed by atoms with E-state index in [0.717, 1.165) is 19.4 Å². The molecule has 2 N–H and O–H groups in total. The topological polar surface area (TPSA) is 58.8 Å². The number of nitrogens with two attached hydrogens (primary N) is 1. The second kappa shape index (κ2) is 5.62. The van der Waals surface area contributed by atoms with Crippen LogP contribution in [0.3, 0.4) is 0 Å². The van der Waals surface area contributed by atoms with E-state index in [1.54, 1.807) is 0 Å². The fraction of sp³-hybridized carbons (Fsp3) is 0.933. The summed E-state index contributed by atoms with van der Waals surface area (Å²) in [5, 5.41) is 0. The van der Waals surface area contributed by atoms with Gasteiger partial charge in [0, 0.05) is 18.6 Å². The van der Waals surface area contributed by atoms with Crippen LogP contribution in [0.15, 0.2) is 0 Å². The lowest BCUT2D eigenvalue weighted by molar-refractivity contribution is -0.149. The highest BCUT2D eigenvalue weighted by atomic mass is 16.5. The molecule has 0 aromatic rings. The monoisotopic (exact) mass is 283 g/mol. The standard InChI is InChI=1S/C15H29N3O2/c1-17(2)14(8-5-9-14)10-18(3)11-15(16,12-6-7-12)13(19)20-4/h12H,5-11,16H2,1-4H3. The van der Waals surface area contributed by atoms with Crippen molar-refractivity contribution in [1.29, 1.82) is 0 Å². The maximum Gasteiger partial charge on any atom is 0.327 e. The van der Waals surface area contributed by atoms with Crippen molar-refractivity contribution in [2.75, 3.05) is 41.3 Å². The van der Waals surface area contributed by atoms with E-state index in [0.29, 0.717) is 6.54 Å². The van der Waals surface area contributed by atoms with Crippen molar-refractivity contribution in [2.45, 2.75) is 43.2 Å². The van der Waals surface area contributed by atoms with Crippen LogP contribution in [-0.2, 0) is 9.53 Å². The van der Waals surface area contributed by atoms with Gasteiger partial charge in [0.2, 0.25) is 0 Å². The summed E-state index contributed by atoms with van der Waals surface area (Å²) in [4.78, 5) is 16.6. The van der Waals surface area contributed by atoms with E-state index < -0.39 is 5.54 Å². The molecule has 0 saturated heterocycles. The summed E-state index contributed by atoms with van der Waals surface area (Å²) in [5.41, 5.74) is 5.81. The predicted molar refractivity (Wildman–Crippen MR) is 79.4 cm³/mol. The maximum atomic E-state index is 12.0. The van der Waals surface area contributed by atoms with Crippen LogP contribution in [0, 0.1) is 5.92 Å². The van der Waals surface area contributed by atoms with Crippen LogP contribution in [-0.4, -0.2) is 68.2 Å². The molecular weight excluding hydrogens is 254 g/mol. The summed E-state index contributed by atoms with van der Waals surface area (Å²) in [7, 11) is 7.78. The lowest BCUT2D eigenvalue weighted by Crippen LogP contribution is -2.62. The van der Waals surface area contributed by atoms with Gasteiger partial charge in [0.15, 0.2) is 0 Å². The molecule has 2 rings (SSSR count). The van der Waals surface area contributed by atoms with Crippen molar-refractivity contribution in [1.82, 2.24) is 9.80 Å². The molecule has 0 bridgehead atoms. The largest absolute Gasteiger partial charge is 0.468 e. The quantitative estimate of drug-likeness (QED) is 0.696. The molecule has 0 aromatic heterocycles. The Kier molecular flexibility index (Phi) is 4.42. The third-order valence-corrected chi connectivity index (χ3v) is 5.20. The molecule has 20 heavy (non-hydrogen) atoms. The average Bonchev–Trinajstić information content (AvgIpc) is 3.16. The smallest absolute Gasteiger partial charge is 0.327 e. The molecule has 1 unspecified atom stereocenters. The van der Waals surface area contributed by atoms with Crippen molar-refractivity contribution >= 4 is 5.97 Å². The molecule has 5 heteroatoms. The Morgan fingerprint density at radius 2 is 1.95 bits per heavy atom. The molecule has 0 amide bonds. The van der Waals surface area contributed by atoms with Gasteiger partial charge in [-0.2, -0.15) is 0 Å². The first-order chi connectivity index (χ1) is 9.34. The van der Waals surface area contributed by atoms with Crippen LogP contribution >= 0.6 is 0 Å². The molecule has 0 heterocycles. The minimum atomic E-state index is -0.833. The summed E-state index contributed by atoms with van der Waals surface area (Å²) in [5.74, 6) is 0.0217. The van der Waals surface area contributed by atoms with Gasteiger partial charge in [-0.3, -0.25) is 4.79 Å². The first-order valence-corrected chi connectivity index (χ1v) is 7.57. The Morgan fingerprint density at radius 1 is 1.35 bits per heavy atom. The van der Waals surface area contributed by atoms with Crippen molar-refractivity contribution in [3.05, 3.63) is 0 Å². The molecule has 116 valence electrons. The summed E-state index contributed by atoms with van der Waals surface area (Å²) in [6, 6.07) is 0. The number of rotatable bonds is 7. The van der Waals surface area contributed by atoms with Crippen LogP contribution in [0.5, 0.6) is 0 Å².